The molecule has 0 radical (unpaired) electrons. The van der Waals surface area contributed by atoms with Crippen LogP contribution in [0.3, 0.4) is 0 Å². The van der Waals surface area contributed by atoms with Crippen LogP contribution >= 0.6 is 41.3 Å². The summed E-state index contributed by atoms with van der Waals surface area (Å²) in [4.78, 5) is 8.64. The summed E-state index contributed by atoms with van der Waals surface area (Å²) in [6.07, 6.45) is 1.52. The molecule has 0 saturated carbocycles. The third-order valence-corrected chi connectivity index (χ3v) is 6.46. The summed E-state index contributed by atoms with van der Waals surface area (Å²) in [7, 11) is -2.38. The van der Waals surface area contributed by atoms with Gasteiger partial charge >= 0.3 is 0 Å². The number of nitrogens with zero attached hydrogens (tertiary/aromatic N) is 2. The first-order valence-corrected chi connectivity index (χ1v) is 10.9. The highest BCUT2D eigenvalue weighted by Gasteiger charge is 2.17. The number of rotatable bonds is 3. The zero-order chi connectivity index (χ0) is 16.6. The summed E-state index contributed by atoms with van der Waals surface area (Å²) in [6.45, 7) is 3.54. The fourth-order valence-corrected chi connectivity index (χ4v) is 5.68. The lowest BCUT2D eigenvalue weighted by atomic mass is 10.2. The number of hydrogen-bond donors (Lipinski definition) is 1. The second-order valence-corrected chi connectivity index (χ2v) is 10.3. The molecule has 3 aromatic rings. The molecule has 3 rings (SSSR count). The van der Waals surface area contributed by atoms with E-state index >= 15 is 0 Å². The fourth-order valence-electron chi connectivity index (χ4n) is 2.28. The molecule has 0 unspecified atom stereocenters. The lowest BCUT2D eigenvalue weighted by Gasteiger charge is -2.13. The molecular formula is C16H14ClIN3OP. The molecule has 7 heteroatoms. The van der Waals surface area contributed by atoms with Crippen LogP contribution in [0.5, 0.6) is 0 Å². The number of hydrogen-bond acceptors (Lipinski definition) is 4. The van der Waals surface area contributed by atoms with E-state index in [-0.39, 0.29) is 0 Å². The van der Waals surface area contributed by atoms with Crippen molar-refractivity contribution < 1.29 is 4.57 Å². The van der Waals surface area contributed by atoms with Crippen LogP contribution in [0.2, 0.25) is 5.02 Å². The highest BCUT2D eigenvalue weighted by Crippen LogP contribution is 2.38. The molecule has 0 atom stereocenters. The minimum Gasteiger partial charge on any atom is -0.340 e. The zero-order valence-electron chi connectivity index (χ0n) is 12.5. The third kappa shape index (κ3) is 3.67. The van der Waals surface area contributed by atoms with Crippen molar-refractivity contribution in [2.45, 2.75) is 0 Å². The van der Waals surface area contributed by atoms with Gasteiger partial charge in [0.2, 0.25) is 0 Å². The van der Waals surface area contributed by atoms with Gasteiger partial charge in [0.25, 0.3) is 0 Å². The van der Waals surface area contributed by atoms with Crippen LogP contribution in [-0.2, 0) is 4.57 Å². The smallest absolute Gasteiger partial charge is 0.141 e. The SMILES string of the molecule is CP(C)(=O)c1cc2c(Nc3cccc(Cl)c3)ncnc2cc1I. The highest BCUT2D eigenvalue weighted by molar-refractivity contribution is 14.1. The molecule has 0 amide bonds. The average molecular weight is 458 g/mol. The Bertz CT molecular complexity index is 942. The van der Waals surface area contributed by atoms with E-state index in [0.29, 0.717) is 10.8 Å². The van der Waals surface area contributed by atoms with Crippen LogP contribution in [0.1, 0.15) is 0 Å². The normalized spacial score (nSPS) is 11.7. The first-order chi connectivity index (χ1) is 10.8. The maximum absolute atomic E-state index is 12.5. The first-order valence-electron chi connectivity index (χ1n) is 6.87. The van der Waals surface area contributed by atoms with Gasteiger partial charge in [-0.05, 0) is 66.3 Å². The quantitative estimate of drug-likeness (QED) is 0.450. The Balaban J connectivity index is 2.15. The molecular weight excluding hydrogens is 444 g/mol. The monoisotopic (exact) mass is 457 g/mol. The molecule has 0 aliphatic heterocycles. The summed E-state index contributed by atoms with van der Waals surface area (Å²) < 4.78 is 13.5. The Morgan fingerprint density at radius 1 is 1.17 bits per heavy atom. The predicted molar refractivity (Wildman–Crippen MR) is 106 cm³/mol. The maximum atomic E-state index is 12.5. The summed E-state index contributed by atoms with van der Waals surface area (Å²) in [5, 5.41) is 5.59. The largest absolute Gasteiger partial charge is 0.340 e. The molecule has 118 valence electrons. The van der Waals surface area contributed by atoms with E-state index in [1.54, 1.807) is 13.3 Å². The minimum atomic E-state index is -2.38. The molecule has 0 bridgehead atoms. The second-order valence-electron chi connectivity index (χ2n) is 5.53. The van der Waals surface area contributed by atoms with Gasteiger partial charge in [-0.2, -0.15) is 0 Å². The Kier molecular flexibility index (Phi) is 4.63. The molecule has 1 aromatic heterocycles. The molecule has 2 aromatic carbocycles. The zero-order valence-corrected chi connectivity index (χ0v) is 16.4. The van der Waals surface area contributed by atoms with Crippen molar-refractivity contribution in [2.24, 2.45) is 0 Å². The van der Waals surface area contributed by atoms with Crippen LogP contribution in [0, 0.1) is 3.57 Å². The van der Waals surface area contributed by atoms with E-state index < -0.39 is 7.14 Å². The Morgan fingerprint density at radius 3 is 2.65 bits per heavy atom. The second kappa shape index (κ2) is 6.38. The third-order valence-electron chi connectivity index (χ3n) is 3.37. The van der Waals surface area contributed by atoms with Gasteiger partial charge in [-0.1, -0.05) is 17.7 Å². The van der Waals surface area contributed by atoms with Crippen LogP contribution in [0.25, 0.3) is 10.9 Å². The predicted octanol–water partition coefficient (Wildman–Crippen LogP) is 4.88. The van der Waals surface area contributed by atoms with E-state index in [4.69, 9.17) is 11.6 Å². The van der Waals surface area contributed by atoms with E-state index in [2.05, 4.69) is 37.9 Å². The Morgan fingerprint density at radius 2 is 1.96 bits per heavy atom. The molecule has 0 aliphatic rings. The van der Waals surface area contributed by atoms with Gasteiger partial charge in [-0.25, -0.2) is 9.97 Å². The van der Waals surface area contributed by atoms with Crippen LogP contribution < -0.4 is 10.6 Å². The number of aromatic nitrogens is 2. The molecule has 0 aliphatic carbocycles. The van der Waals surface area contributed by atoms with E-state index in [9.17, 15) is 4.57 Å². The number of nitrogens with one attached hydrogen (secondary N) is 1. The van der Waals surface area contributed by atoms with Crippen molar-refractivity contribution in [1.29, 1.82) is 0 Å². The minimum absolute atomic E-state index is 0.648. The number of anilines is 2. The van der Waals surface area contributed by atoms with Gasteiger partial charge in [0.1, 0.15) is 19.3 Å². The van der Waals surface area contributed by atoms with Crippen LogP contribution in [0.4, 0.5) is 11.5 Å². The highest BCUT2D eigenvalue weighted by atomic mass is 127. The van der Waals surface area contributed by atoms with Crippen molar-refractivity contribution >= 4 is 69.0 Å². The van der Waals surface area contributed by atoms with Crippen LogP contribution in [-0.4, -0.2) is 23.3 Å². The number of benzene rings is 2. The lowest BCUT2D eigenvalue weighted by molar-refractivity contribution is 0.588. The summed E-state index contributed by atoms with van der Waals surface area (Å²) >= 11 is 8.23. The summed E-state index contributed by atoms with van der Waals surface area (Å²) in [6, 6.07) is 11.3. The maximum Gasteiger partial charge on any atom is 0.141 e. The van der Waals surface area contributed by atoms with Crippen molar-refractivity contribution in [1.82, 2.24) is 9.97 Å². The van der Waals surface area contributed by atoms with E-state index in [1.807, 2.05) is 36.4 Å². The molecule has 1 N–H and O–H groups in total. The molecule has 23 heavy (non-hydrogen) atoms. The molecule has 4 nitrogen and oxygen atoms in total. The first kappa shape index (κ1) is 16.7. The molecule has 1 heterocycles. The van der Waals surface area contributed by atoms with E-state index in [1.165, 1.54) is 6.33 Å². The van der Waals surface area contributed by atoms with Crippen molar-refractivity contribution in [3.8, 4) is 0 Å². The van der Waals surface area contributed by atoms with Gasteiger partial charge in [0, 0.05) is 25.0 Å². The molecule has 0 spiro atoms. The van der Waals surface area contributed by atoms with Crippen molar-refractivity contribution in [3.05, 3.63) is 51.3 Å². The Labute approximate surface area is 153 Å². The lowest BCUT2D eigenvalue weighted by Crippen LogP contribution is -2.09. The van der Waals surface area contributed by atoms with Crippen LogP contribution in [0.15, 0.2) is 42.7 Å². The van der Waals surface area contributed by atoms with Gasteiger partial charge in [0.05, 0.1) is 5.52 Å². The fraction of sp³-hybridized carbons (Fsp3) is 0.125. The van der Waals surface area contributed by atoms with Crippen molar-refractivity contribution in [3.63, 3.8) is 0 Å². The Hall–Kier alpha value is -1.17. The van der Waals surface area contributed by atoms with Crippen molar-refractivity contribution in [2.75, 3.05) is 18.6 Å². The van der Waals surface area contributed by atoms with Gasteiger partial charge in [-0.15, -0.1) is 0 Å². The van der Waals surface area contributed by atoms with E-state index in [0.717, 1.165) is 25.5 Å². The van der Waals surface area contributed by atoms with Gasteiger partial charge in [0.15, 0.2) is 0 Å². The van der Waals surface area contributed by atoms with Gasteiger partial charge < -0.3 is 9.88 Å². The average Bonchev–Trinajstić information content (AvgIpc) is 2.45. The number of fused-ring (bicyclic) bond motifs is 1. The number of halogens is 2. The standard InChI is InChI=1S/C16H14ClIN3OP/c1-23(2,22)15-7-12-14(8-13(15)18)19-9-20-16(12)21-11-5-3-4-10(17)6-11/h3-9H,1-2H3,(H,19,20,21). The topological polar surface area (TPSA) is 54.9 Å². The summed E-state index contributed by atoms with van der Waals surface area (Å²) in [5.41, 5.74) is 1.65. The van der Waals surface area contributed by atoms with Gasteiger partial charge in [-0.3, -0.25) is 0 Å². The molecule has 0 fully saturated rings. The summed E-state index contributed by atoms with van der Waals surface area (Å²) in [5.74, 6) is 0.670. The molecule has 0 saturated heterocycles.